The molecule has 1 fully saturated rings. The summed E-state index contributed by atoms with van der Waals surface area (Å²) >= 11 is 0. The van der Waals surface area contributed by atoms with Gasteiger partial charge in [-0.2, -0.15) is 0 Å². The third-order valence-electron chi connectivity index (χ3n) is 1.72. The van der Waals surface area contributed by atoms with E-state index >= 15 is 0 Å². The molecule has 0 saturated carbocycles. The largest absolute Gasteiger partial charge is 0.402 e. The summed E-state index contributed by atoms with van der Waals surface area (Å²) in [4.78, 5) is 0. The monoisotopic (exact) mass is 155 g/mol. The topological polar surface area (TPSA) is 85.1 Å². The highest BCUT2D eigenvalue weighted by molar-refractivity contribution is 5.89. The lowest BCUT2D eigenvalue weighted by Crippen LogP contribution is -2.16. The van der Waals surface area contributed by atoms with Crippen molar-refractivity contribution in [1.82, 2.24) is 0 Å². The molecule has 0 bridgehead atoms. The van der Waals surface area contributed by atoms with Gasteiger partial charge < -0.3 is 16.2 Å². The first-order chi connectivity index (χ1) is 5.20. The molecule has 1 aliphatic heterocycles. The summed E-state index contributed by atoms with van der Waals surface area (Å²) in [6.07, 6.45) is 2.43. The van der Waals surface area contributed by atoms with Gasteiger partial charge in [0.15, 0.2) is 0 Å². The zero-order valence-electron chi connectivity index (χ0n) is 6.34. The van der Waals surface area contributed by atoms with Crippen LogP contribution in [0.1, 0.15) is 6.42 Å². The predicted molar refractivity (Wildman–Crippen MR) is 43.1 cm³/mol. The van der Waals surface area contributed by atoms with Crippen LogP contribution >= 0.6 is 0 Å². The molecule has 1 unspecified atom stereocenters. The van der Waals surface area contributed by atoms with Crippen molar-refractivity contribution in [2.75, 3.05) is 13.2 Å². The second-order valence-corrected chi connectivity index (χ2v) is 2.66. The first kappa shape index (κ1) is 8.07. The van der Waals surface area contributed by atoms with Crippen LogP contribution in [0.15, 0.2) is 11.8 Å². The van der Waals surface area contributed by atoms with Crippen LogP contribution in [0, 0.1) is 11.3 Å². The first-order valence-corrected chi connectivity index (χ1v) is 3.59. The Morgan fingerprint density at radius 2 is 2.27 bits per heavy atom. The Hall–Kier alpha value is -1.03. The van der Waals surface area contributed by atoms with E-state index in [0.29, 0.717) is 12.3 Å². The maximum atomic E-state index is 6.97. The Labute approximate surface area is 65.7 Å². The maximum absolute atomic E-state index is 6.97. The number of nitrogens with one attached hydrogen (secondary N) is 1. The Bertz CT molecular complexity index is 182. The number of ether oxygens (including phenoxy) is 1. The Kier molecular flexibility index (Phi) is 2.48. The molecule has 62 valence electrons. The van der Waals surface area contributed by atoms with E-state index in [1.54, 1.807) is 0 Å². The molecule has 0 aliphatic carbocycles. The van der Waals surface area contributed by atoms with Crippen LogP contribution in [0.3, 0.4) is 0 Å². The number of nitrogens with two attached hydrogens (primary N) is 2. The molecule has 1 aliphatic rings. The van der Waals surface area contributed by atoms with E-state index in [1.807, 2.05) is 0 Å². The SMILES string of the molecule is N=C(N)/C=C(\N)C1CCOC1. The summed E-state index contributed by atoms with van der Waals surface area (Å²) in [6.45, 7) is 1.42. The number of amidine groups is 1. The van der Waals surface area contributed by atoms with Crippen molar-refractivity contribution in [3.63, 3.8) is 0 Å². The average Bonchev–Trinajstić information content (AvgIpc) is 2.35. The molecule has 0 spiro atoms. The molecule has 0 amide bonds. The van der Waals surface area contributed by atoms with Crippen molar-refractivity contribution in [3.05, 3.63) is 11.8 Å². The fourth-order valence-electron chi connectivity index (χ4n) is 1.09. The summed E-state index contributed by atoms with van der Waals surface area (Å²) in [7, 11) is 0. The molecule has 11 heavy (non-hydrogen) atoms. The fraction of sp³-hybridized carbons (Fsp3) is 0.571. The second-order valence-electron chi connectivity index (χ2n) is 2.66. The van der Waals surface area contributed by atoms with E-state index in [1.165, 1.54) is 6.08 Å². The lowest BCUT2D eigenvalue weighted by Gasteiger charge is -2.06. The van der Waals surface area contributed by atoms with E-state index in [4.69, 9.17) is 21.6 Å². The molecule has 1 saturated heterocycles. The Morgan fingerprint density at radius 1 is 1.55 bits per heavy atom. The standard InChI is InChI=1S/C7H13N3O/c8-6(3-7(9)10)5-1-2-11-4-5/h3,5H,1-2,4,8H2,(H3,9,10)/b6-3-. The van der Waals surface area contributed by atoms with E-state index in [2.05, 4.69) is 0 Å². The van der Waals surface area contributed by atoms with Crippen LogP contribution in [-0.4, -0.2) is 19.0 Å². The number of rotatable bonds is 2. The molecular formula is C7H13N3O. The summed E-state index contributed by atoms with van der Waals surface area (Å²) in [5.74, 6) is 0.272. The lowest BCUT2D eigenvalue weighted by molar-refractivity contribution is 0.190. The van der Waals surface area contributed by atoms with Crippen LogP contribution in [-0.2, 0) is 4.74 Å². The van der Waals surface area contributed by atoms with Gasteiger partial charge in [-0.25, -0.2) is 0 Å². The normalized spacial score (nSPS) is 25.5. The lowest BCUT2D eigenvalue weighted by atomic mass is 10.1. The molecule has 1 atom stereocenters. The van der Waals surface area contributed by atoms with Crippen molar-refractivity contribution in [2.24, 2.45) is 17.4 Å². The average molecular weight is 155 g/mol. The van der Waals surface area contributed by atoms with E-state index in [-0.39, 0.29) is 11.8 Å². The van der Waals surface area contributed by atoms with Gasteiger partial charge in [0.05, 0.1) is 6.61 Å². The predicted octanol–water partition coefficient (Wildman–Crippen LogP) is -0.199. The number of hydrogen-bond donors (Lipinski definition) is 3. The van der Waals surface area contributed by atoms with Gasteiger partial charge in [-0.05, 0) is 12.5 Å². The van der Waals surface area contributed by atoms with Crippen molar-refractivity contribution >= 4 is 5.84 Å². The third-order valence-corrected chi connectivity index (χ3v) is 1.72. The van der Waals surface area contributed by atoms with Gasteiger partial charge in [0.2, 0.25) is 0 Å². The summed E-state index contributed by atoms with van der Waals surface area (Å²) in [6, 6.07) is 0. The van der Waals surface area contributed by atoms with Crippen molar-refractivity contribution in [1.29, 1.82) is 5.41 Å². The van der Waals surface area contributed by atoms with Gasteiger partial charge >= 0.3 is 0 Å². The van der Waals surface area contributed by atoms with E-state index in [9.17, 15) is 0 Å². The summed E-state index contributed by atoms with van der Waals surface area (Å²) in [5.41, 5.74) is 11.4. The van der Waals surface area contributed by atoms with Gasteiger partial charge in [-0.3, -0.25) is 5.41 Å². The molecule has 1 rings (SSSR count). The molecule has 0 radical (unpaired) electrons. The zero-order chi connectivity index (χ0) is 8.27. The second kappa shape index (κ2) is 3.39. The van der Waals surface area contributed by atoms with Crippen molar-refractivity contribution in [3.8, 4) is 0 Å². The van der Waals surface area contributed by atoms with Crippen LogP contribution in [0.4, 0.5) is 0 Å². The van der Waals surface area contributed by atoms with Crippen LogP contribution in [0.5, 0.6) is 0 Å². The zero-order valence-corrected chi connectivity index (χ0v) is 6.34. The molecule has 1 heterocycles. The van der Waals surface area contributed by atoms with Gasteiger partial charge in [0.1, 0.15) is 5.84 Å². The molecule has 4 nitrogen and oxygen atoms in total. The Balaban J connectivity index is 2.51. The van der Waals surface area contributed by atoms with Gasteiger partial charge in [0.25, 0.3) is 0 Å². The quantitative estimate of drug-likeness (QED) is 0.381. The minimum atomic E-state index is 0.00870. The molecular weight excluding hydrogens is 142 g/mol. The van der Waals surface area contributed by atoms with Gasteiger partial charge in [0, 0.05) is 18.2 Å². The van der Waals surface area contributed by atoms with E-state index in [0.717, 1.165) is 13.0 Å². The highest BCUT2D eigenvalue weighted by Gasteiger charge is 2.17. The Morgan fingerprint density at radius 3 is 2.73 bits per heavy atom. The third kappa shape index (κ3) is 2.23. The minimum Gasteiger partial charge on any atom is -0.402 e. The summed E-state index contributed by atoms with van der Waals surface area (Å²) in [5, 5.41) is 6.97. The van der Waals surface area contributed by atoms with Crippen LogP contribution < -0.4 is 11.5 Å². The smallest absolute Gasteiger partial charge is 0.117 e. The van der Waals surface area contributed by atoms with Crippen LogP contribution in [0.2, 0.25) is 0 Å². The number of hydrogen-bond acceptors (Lipinski definition) is 3. The summed E-state index contributed by atoms with van der Waals surface area (Å²) < 4.78 is 5.13. The molecule has 0 aromatic heterocycles. The molecule has 5 N–H and O–H groups in total. The first-order valence-electron chi connectivity index (χ1n) is 3.59. The van der Waals surface area contributed by atoms with Crippen molar-refractivity contribution in [2.45, 2.75) is 6.42 Å². The highest BCUT2D eigenvalue weighted by Crippen LogP contribution is 2.17. The minimum absolute atomic E-state index is 0.00870. The molecule has 0 aromatic carbocycles. The van der Waals surface area contributed by atoms with Crippen molar-refractivity contribution < 1.29 is 4.74 Å². The molecule has 4 heteroatoms. The van der Waals surface area contributed by atoms with Gasteiger partial charge in [-0.1, -0.05) is 0 Å². The maximum Gasteiger partial charge on any atom is 0.117 e. The fourth-order valence-corrected chi connectivity index (χ4v) is 1.09. The molecule has 0 aromatic rings. The van der Waals surface area contributed by atoms with Gasteiger partial charge in [-0.15, -0.1) is 0 Å². The highest BCUT2D eigenvalue weighted by atomic mass is 16.5. The van der Waals surface area contributed by atoms with Crippen LogP contribution in [0.25, 0.3) is 0 Å². The van der Waals surface area contributed by atoms with E-state index < -0.39 is 0 Å².